The number of imide groups is 1. The first kappa shape index (κ1) is 11.6. The quantitative estimate of drug-likeness (QED) is 0.590. The van der Waals surface area contributed by atoms with Crippen LogP contribution in [0.1, 0.15) is 6.92 Å². The second-order valence-electron chi connectivity index (χ2n) is 3.97. The number of hydrogen-bond acceptors (Lipinski definition) is 4. The minimum Gasteiger partial charge on any atom is -0.277 e. The lowest BCUT2D eigenvalue weighted by atomic mass is 10.1. The summed E-state index contributed by atoms with van der Waals surface area (Å²) in [6.07, 6.45) is 0. The summed E-state index contributed by atoms with van der Waals surface area (Å²) in [6, 6.07) is -0.839. The van der Waals surface area contributed by atoms with Crippen LogP contribution in [0.5, 0.6) is 0 Å². The zero-order chi connectivity index (χ0) is 12.7. The first-order valence-electron chi connectivity index (χ1n) is 5.48. The molecule has 0 aromatic carbocycles. The van der Waals surface area contributed by atoms with Crippen molar-refractivity contribution in [3.05, 3.63) is 0 Å². The fourth-order valence-electron chi connectivity index (χ4n) is 2.13. The maximum absolute atomic E-state index is 12.1. The molecule has 2 rings (SSSR count). The summed E-state index contributed by atoms with van der Waals surface area (Å²) in [6.45, 7) is 2.59. The van der Waals surface area contributed by atoms with Gasteiger partial charge >= 0.3 is 12.0 Å². The molecule has 17 heavy (non-hydrogen) atoms. The van der Waals surface area contributed by atoms with E-state index in [2.05, 4.69) is 10.3 Å². The molecule has 3 amide bonds. The van der Waals surface area contributed by atoms with Crippen molar-refractivity contribution in [1.82, 2.24) is 15.1 Å². The van der Waals surface area contributed by atoms with Gasteiger partial charge < -0.3 is 0 Å². The number of hydrogen-bond donors (Lipinski definition) is 1. The van der Waals surface area contributed by atoms with Crippen LogP contribution >= 0.6 is 0 Å². The largest absolute Gasteiger partial charge is 0.389 e. The van der Waals surface area contributed by atoms with Crippen LogP contribution in [0.25, 0.3) is 0 Å². The number of rotatable bonds is 1. The van der Waals surface area contributed by atoms with Crippen LogP contribution in [-0.2, 0) is 4.79 Å². The SMILES string of the molecule is CC[N+]1=C(NC)N=C2C1C(=O)N(C)C(=O)N2C. The van der Waals surface area contributed by atoms with E-state index >= 15 is 0 Å². The Labute approximate surface area is 99.4 Å². The molecule has 1 unspecified atom stereocenters. The lowest BCUT2D eigenvalue weighted by Gasteiger charge is -2.31. The smallest absolute Gasteiger partial charge is 0.277 e. The van der Waals surface area contributed by atoms with Crippen molar-refractivity contribution in [3.63, 3.8) is 0 Å². The van der Waals surface area contributed by atoms with E-state index in [1.165, 1.54) is 11.9 Å². The second kappa shape index (κ2) is 3.83. The van der Waals surface area contributed by atoms with E-state index in [4.69, 9.17) is 0 Å². The van der Waals surface area contributed by atoms with Gasteiger partial charge in [0.1, 0.15) is 0 Å². The summed E-state index contributed by atoms with van der Waals surface area (Å²) >= 11 is 0. The average molecular weight is 238 g/mol. The molecule has 0 aromatic heterocycles. The van der Waals surface area contributed by atoms with Crippen LogP contribution in [0.4, 0.5) is 4.79 Å². The van der Waals surface area contributed by atoms with Gasteiger partial charge in [-0.1, -0.05) is 4.99 Å². The molecule has 2 heterocycles. The third-order valence-corrected chi connectivity index (χ3v) is 3.10. The normalized spacial score (nSPS) is 24.2. The zero-order valence-electron chi connectivity index (χ0n) is 10.4. The van der Waals surface area contributed by atoms with Crippen molar-refractivity contribution >= 4 is 23.7 Å². The molecule has 2 aliphatic rings. The van der Waals surface area contributed by atoms with Gasteiger partial charge in [-0.3, -0.25) is 19.9 Å². The molecule has 0 bridgehead atoms. The summed E-state index contributed by atoms with van der Waals surface area (Å²) in [5.74, 6) is 0.874. The Morgan fingerprint density at radius 3 is 2.53 bits per heavy atom. The minimum atomic E-state index is -0.491. The van der Waals surface area contributed by atoms with Gasteiger partial charge in [-0.2, -0.15) is 0 Å². The van der Waals surface area contributed by atoms with E-state index in [0.29, 0.717) is 18.3 Å². The first-order chi connectivity index (χ1) is 8.02. The van der Waals surface area contributed by atoms with Crippen molar-refractivity contribution in [2.45, 2.75) is 13.0 Å². The number of fused-ring (bicyclic) bond motifs is 1. The maximum atomic E-state index is 12.1. The Hall–Kier alpha value is -1.92. The number of nitrogens with one attached hydrogen (secondary N) is 1. The lowest BCUT2D eigenvalue weighted by Crippen LogP contribution is -2.61. The Morgan fingerprint density at radius 2 is 2.00 bits per heavy atom. The first-order valence-corrected chi connectivity index (χ1v) is 5.48. The molecule has 7 heteroatoms. The van der Waals surface area contributed by atoms with Crippen molar-refractivity contribution in [1.29, 1.82) is 0 Å². The fraction of sp³-hybridized carbons (Fsp3) is 0.600. The fourth-order valence-corrected chi connectivity index (χ4v) is 2.13. The highest BCUT2D eigenvalue weighted by atomic mass is 16.2. The monoisotopic (exact) mass is 238 g/mol. The number of guanidine groups is 1. The van der Waals surface area contributed by atoms with Gasteiger partial charge in [0.05, 0.1) is 13.6 Å². The number of aliphatic imine (C=N–C) groups is 1. The summed E-state index contributed by atoms with van der Waals surface area (Å²) < 4.78 is 1.84. The van der Waals surface area contributed by atoms with Crippen LogP contribution in [0.15, 0.2) is 4.99 Å². The molecule has 0 aliphatic carbocycles. The topological polar surface area (TPSA) is 68.0 Å². The molecule has 0 spiro atoms. The molecule has 92 valence electrons. The van der Waals surface area contributed by atoms with Crippen LogP contribution in [-0.4, -0.2) is 71.8 Å². The molecule has 0 saturated carbocycles. The molecular formula is C10H16N5O2+. The van der Waals surface area contributed by atoms with E-state index in [9.17, 15) is 9.59 Å². The summed E-state index contributed by atoms with van der Waals surface area (Å²) in [7, 11) is 4.86. The molecular weight excluding hydrogens is 222 g/mol. The van der Waals surface area contributed by atoms with E-state index in [0.717, 1.165) is 4.90 Å². The molecule has 0 radical (unpaired) electrons. The summed E-state index contributed by atoms with van der Waals surface area (Å²) in [4.78, 5) is 30.7. The molecule has 7 nitrogen and oxygen atoms in total. The highest BCUT2D eigenvalue weighted by Crippen LogP contribution is 2.17. The Kier molecular flexibility index (Phi) is 2.60. The minimum absolute atomic E-state index is 0.237. The Morgan fingerprint density at radius 1 is 1.35 bits per heavy atom. The van der Waals surface area contributed by atoms with Gasteiger partial charge in [0.25, 0.3) is 5.91 Å². The van der Waals surface area contributed by atoms with E-state index < -0.39 is 6.04 Å². The molecule has 1 N–H and O–H groups in total. The number of carbonyl (C=O) groups is 2. The van der Waals surface area contributed by atoms with Gasteiger partial charge in [0.2, 0.25) is 11.9 Å². The van der Waals surface area contributed by atoms with Crippen molar-refractivity contribution in [3.8, 4) is 0 Å². The van der Waals surface area contributed by atoms with Crippen molar-refractivity contribution < 1.29 is 14.2 Å². The van der Waals surface area contributed by atoms with Crippen molar-refractivity contribution in [2.75, 3.05) is 27.7 Å². The molecule has 1 fully saturated rings. The standard InChI is InChI=1S/C10H15N5O2/c1-5-15-6-7(12-9(15)11-2)13(3)10(17)14(4)8(6)16/h6H,5H2,1-4H3/p+1. The molecule has 2 aliphatic heterocycles. The molecule has 1 saturated heterocycles. The zero-order valence-corrected chi connectivity index (χ0v) is 10.4. The summed E-state index contributed by atoms with van der Waals surface area (Å²) in [5, 5.41) is 2.94. The predicted octanol–water partition coefficient (Wildman–Crippen LogP) is -1.10. The number of amides is 3. The van der Waals surface area contributed by atoms with Gasteiger partial charge in [-0.05, 0) is 6.92 Å². The number of nitrogens with zero attached hydrogens (tertiary/aromatic N) is 4. The third kappa shape index (κ3) is 1.42. The van der Waals surface area contributed by atoms with Gasteiger partial charge in [-0.25, -0.2) is 9.37 Å². The number of amidine groups is 1. The van der Waals surface area contributed by atoms with Gasteiger partial charge in [-0.15, -0.1) is 0 Å². The maximum Gasteiger partial charge on any atom is 0.389 e. The van der Waals surface area contributed by atoms with Crippen LogP contribution in [0, 0.1) is 0 Å². The molecule has 0 aromatic rings. The predicted molar refractivity (Wildman–Crippen MR) is 62.0 cm³/mol. The van der Waals surface area contributed by atoms with Crippen molar-refractivity contribution in [2.24, 2.45) is 4.99 Å². The Bertz CT molecular complexity index is 454. The van der Waals surface area contributed by atoms with Crippen LogP contribution < -0.4 is 5.32 Å². The number of likely N-dealkylation sites (N-methyl/N-ethyl adjacent to an activating group) is 3. The average Bonchev–Trinajstić information content (AvgIpc) is 2.72. The molecule has 1 atom stereocenters. The number of carbonyl (C=O) groups excluding carboxylic acids is 2. The Balaban J connectivity index is 2.48. The van der Waals surface area contributed by atoms with E-state index in [1.54, 1.807) is 14.1 Å². The lowest BCUT2D eigenvalue weighted by molar-refractivity contribution is -0.533. The third-order valence-electron chi connectivity index (χ3n) is 3.10. The van der Waals surface area contributed by atoms with E-state index in [-0.39, 0.29) is 11.9 Å². The van der Waals surface area contributed by atoms with Gasteiger partial charge in [0.15, 0.2) is 0 Å². The number of urea groups is 1. The van der Waals surface area contributed by atoms with Crippen LogP contribution in [0.2, 0.25) is 0 Å². The van der Waals surface area contributed by atoms with Gasteiger partial charge in [0, 0.05) is 14.1 Å². The summed E-state index contributed by atoms with van der Waals surface area (Å²) in [5.41, 5.74) is 0. The van der Waals surface area contributed by atoms with E-state index in [1.807, 2.05) is 11.5 Å². The highest BCUT2D eigenvalue weighted by molar-refractivity contribution is 6.22. The highest BCUT2D eigenvalue weighted by Gasteiger charge is 2.50. The second-order valence-corrected chi connectivity index (χ2v) is 3.97. The van der Waals surface area contributed by atoms with Crippen LogP contribution in [0.3, 0.4) is 0 Å².